The topological polar surface area (TPSA) is 53.1 Å². The zero-order valence-electron chi connectivity index (χ0n) is 14.0. The molecule has 0 amide bonds. The van der Waals surface area contributed by atoms with Gasteiger partial charge in [0, 0.05) is 43.3 Å². The number of rotatable bonds is 6. The molecule has 1 atom stereocenters. The van der Waals surface area contributed by atoms with Gasteiger partial charge in [0.1, 0.15) is 5.82 Å². The van der Waals surface area contributed by atoms with Crippen LogP contribution in [0, 0.1) is 6.92 Å². The number of nitrogens with zero attached hydrogens (tertiary/aromatic N) is 3. The minimum atomic E-state index is 0.356. The lowest BCUT2D eigenvalue weighted by molar-refractivity contribution is 0.752. The lowest BCUT2D eigenvalue weighted by Gasteiger charge is -2.15. The molecule has 0 fully saturated rings. The van der Waals surface area contributed by atoms with Crippen molar-refractivity contribution in [3.05, 3.63) is 36.0 Å². The Bertz CT molecular complexity index is 607. The molecular weight excluding hydrogens is 274 g/mol. The average molecular weight is 299 g/mol. The van der Waals surface area contributed by atoms with Gasteiger partial charge in [-0.05, 0) is 44.5 Å². The van der Waals surface area contributed by atoms with Gasteiger partial charge >= 0.3 is 0 Å². The van der Waals surface area contributed by atoms with Gasteiger partial charge in [-0.2, -0.15) is 4.98 Å². The van der Waals surface area contributed by atoms with Crippen LogP contribution in [0.4, 0.5) is 23.1 Å². The summed E-state index contributed by atoms with van der Waals surface area (Å²) in [5.41, 5.74) is 3.12. The summed E-state index contributed by atoms with van der Waals surface area (Å²) in [6.07, 6.45) is 1.03. The first kappa shape index (κ1) is 16.1. The third kappa shape index (κ3) is 4.35. The quantitative estimate of drug-likeness (QED) is 0.849. The summed E-state index contributed by atoms with van der Waals surface area (Å²) in [5, 5.41) is 6.65. The molecule has 0 spiro atoms. The molecular formula is C17H25N5. The van der Waals surface area contributed by atoms with Crippen LogP contribution >= 0.6 is 0 Å². The molecule has 0 saturated carbocycles. The number of anilines is 4. The highest BCUT2D eigenvalue weighted by atomic mass is 15.2. The van der Waals surface area contributed by atoms with Crippen molar-refractivity contribution >= 4 is 23.1 Å². The van der Waals surface area contributed by atoms with Crippen LogP contribution in [0.15, 0.2) is 30.3 Å². The predicted octanol–water partition coefficient (Wildman–Crippen LogP) is 3.81. The van der Waals surface area contributed by atoms with Crippen LogP contribution in [0.25, 0.3) is 0 Å². The number of aryl methyl sites for hydroxylation is 1. The predicted molar refractivity (Wildman–Crippen MR) is 94.2 cm³/mol. The number of hydrogen-bond acceptors (Lipinski definition) is 5. The van der Waals surface area contributed by atoms with E-state index in [4.69, 9.17) is 0 Å². The summed E-state index contributed by atoms with van der Waals surface area (Å²) in [5.74, 6) is 1.47. The Labute approximate surface area is 132 Å². The van der Waals surface area contributed by atoms with Gasteiger partial charge in [-0.15, -0.1) is 0 Å². The minimum Gasteiger partial charge on any atom is -0.378 e. The van der Waals surface area contributed by atoms with E-state index in [-0.39, 0.29) is 0 Å². The zero-order chi connectivity index (χ0) is 16.1. The van der Waals surface area contributed by atoms with E-state index < -0.39 is 0 Å². The fourth-order valence-corrected chi connectivity index (χ4v) is 2.01. The Morgan fingerprint density at radius 1 is 1.14 bits per heavy atom. The Balaban J connectivity index is 2.14. The van der Waals surface area contributed by atoms with Crippen molar-refractivity contribution in [2.24, 2.45) is 0 Å². The highest BCUT2D eigenvalue weighted by molar-refractivity contribution is 5.61. The maximum Gasteiger partial charge on any atom is 0.225 e. The fourth-order valence-electron chi connectivity index (χ4n) is 2.01. The van der Waals surface area contributed by atoms with Crippen molar-refractivity contribution in [2.75, 3.05) is 29.6 Å². The molecule has 2 rings (SSSR count). The lowest BCUT2D eigenvalue weighted by atomic mass is 10.2. The first-order valence-electron chi connectivity index (χ1n) is 7.64. The van der Waals surface area contributed by atoms with Crippen molar-refractivity contribution < 1.29 is 0 Å². The van der Waals surface area contributed by atoms with Crippen LogP contribution in [0.5, 0.6) is 0 Å². The minimum absolute atomic E-state index is 0.356. The molecule has 1 heterocycles. The third-order valence-electron chi connectivity index (χ3n) is 3.50. The number of hydrogen-bond donors (Lipinski definition) is 2. The van der Waals surface area contributed by atoms with E-state index in [0.29, 0.717) is 12.0 Å². The highest BCUT2D eigenvalue weighted by Gasteiger charge is 2.05. The lowest BCUT2D eigenvalue weighted by Crippen LogP contribution is -2.16. The van der Waals surface area contributed by atoms with Crippen molar-refractivity contribution in [1.29, 1.82) is 0 Å². The number of benzene rings is 1. The molecule has 0 radical (unpaired) electrons. The summed E-state index contributed by atoms with van der Waals surface area (Å²) in [6.45, 7) is 6.24. The normalized spacial score (nSPS) is 11.9. The van der Waals surface area contributed by atoms with E-state index in [1.54, 1.807) is 0 Å². The van der Waals surface area contributed by atoms with Crippen LogP contribution in [-0.4, -0.2) is 30.1 Å². The monoisotopic (exact) mass is 299 g/mol. The zero-order valence-corrected chi connectivity index (χ0v) is 14.0. The molecule has 0 aliphatic rings. The van der Waals surface area contributed by atoms with Gasteiger partial charge in [-0.25, -0.2) is 4.98 Å². The Morgan fingerprint density at radius 3 is 2.41 bits per heavy atom. The maximum absolute atomic E-state index is 4.53. The second kappa shape index (κ2) is 7.11. The van der Waals surface area contributed by atoms with E-state index in [2.05, 4.69) is 63.6 Å². The van der Waals surface area contributed by atoms with E-state index in [9.17, 15) is 0 Å². The smallest absolute Gasteiger partial charge is 0.225 e. The van der Waals surface area contributed by atoms with E-state index >= 15 is 0 Å². The molecule has 0 saturated heterocycles. The van der Waals surface area contributed by atoms with Gasteiger partial charge < -0.3 is 15.5 Å². The summed E-state index contributed by atoms with van der Waals surface area (Å²) in [7, 11) is 4.06. The highest BCUT2D eigenvalue weighted by Crippen LogP contribution is 2.20. The van der Waals surface area contributed by atoms with E-state index in [0.717, 1.165) is 23.6 Å². The largest absolute Gasteiger partial charge is 0.378 e. The van der Waals surface area contributed by atoms with Gasteiger partial charge in [0.2, 0.25) is 5.95 Å². The van der Waals surface area contributed by atoms with Crippen molar-refractivity contribution in [1.82, 2.24) is 9.97 Å². The van der Waals surface area contributed by atoms with Crippen molar-refractivity contribution in [2.45, 2.75) is 33.2 Å². The van der Waals surface area contributed by atoms with Crippen LogP contribution < -0.4 is 15.5 Å². The first-order valence-corrected chi connectivity index (χ1v) is 7.64. The molecule has 1 unspecified atom stereocenters. The molecule has 1 aromatic heterocycles. The molecule has 2 aromatic rings. The Morgan fingerprint density at radius 2 is 1.82 bits per heavy atom. The second-order valence-corrected chi connectivity index (χ2v) is 5.74. The summed E-state index contributed by atoms with van der Waals surface area (Å²) < 4.78 is 0. The van der Waals surface area contributed by atoms with Gasteiger partial charge in [0.15, 0.2) is 0 Å². The Hall–Kier alpha value is -2.30. The SMILES string of the molecule is CCC(C)Nc1nc(C)cc(Nc2ccc(N(C)C)cc2)n1. The molecule has 5 nitrogen and oxygen atoms in total. The molecule has 2 N–H and O–H groups in total. The fraction of sp³-hybridized carbons (Fsp3) is 0.412. The summed E-state index contributed by atoms with van der Waals surface area (Å²) >= 11 is 0. The Kier molecular flexibility index (Phi) is 5.20. The molecule has 0 aliphatic heterocycles. The van der Waals surface area contributed by atoms with E-state index in [1.807, 2.05) is 27.1 Å². The standard InChI is InChI=1S/C17H25N5/c1-6-12(2)18-17-19-13(3)11-16(21-17)20-14-7-9-15(10-8-14)22(4)5/h7-12H,6H2,1-5H3,(H2,18,19,20,21). The average Bonchev–Trinajstić information content (AvgIpc) is 2.47. The molecule has 0 aliphatic carbocycles. The number of aromatic nitrogens is 2. The van der Waals surface area contributed by atoms with Crippen LogP contribution in [0.2, 0.25) is 0 Å². The summed E-state index contributed by atoms with van der Waals surface area (Å²) in [6, 6.07) is 10.6. The van der Waals surface area contributed by atoms with E-state index in [1.165, 1.54) is 5.69 Å². The van der Waals surface area contributed by atoms with Gasteiger partial charge in [-0.1, -0.05) is 6.92 Å². The van der Waals surface area contributed by atoms with Crippen LogP contribution in [-0.2, 0) is 0 Å². The van der Waals surface area contributed by atoms with Gasteiger partial charge in [0.05, 0.1) is 0 Å². The van der Waals surface area contributed by atoms with Crippen molar-refractivity contribution in [3.63, 3.8) is 0 Å². The van der Waals surface area contributed by atoms with Crippen LogP contribution in [0.3, 0.4) is 0 Å². The van der Waals surface area contributed by atoms with Gasteiger partial charge in [-0.3, -0.25) is 0 Å². The molecule has 0 bridgehead atoms. The second-order valence-electron chi connectivity index (χ2n) is 5.74. The molecule has 22 heavy (non-hydrogen) atoms. The molecule has 1 aromatic carbocycles. The van der Waals surface area contributed by atoms with Gasteiger partial charge in [0.25, 0.3) is 0 Å². The third-order valence-corrected chi connectivity index (χ3v) is 3.50. The first-order chi connectivity index (χ1) is 10.5. The van der Waals surface area contributed by atoms with Crippen molar-refractivity contribution in [3.8, 4) is 0 Å². The molecule has 118 valence electrons. The maximum atomic E-state index is 4.53. The van der Waals surface area contributed by atoms with Crippen LogP contribution in [0.1, 0.15) is 26.0 Å². The summed E-state index contributed by atoms with van der Waals surface area (Å²) in [4.78, 5) is 11.0. The molecule has 5 heteroatoms. The number of nitrogens with one attached hydrogen (secondary N) is 2.